The third-order valence-electron chi connectivity index (χ3n) is 2.63. The fourth-order valence-corrected chi connectivity index (χ4v) is 1.77. The number of amides is 1. The Bertz CT molecular complexity index is 575. The highest BCUT2D eigenvalue weighted by atomic mass is 16.3. The summed E-state index contributed by atoms with van der Waals surface area (Å²) in [6.45, 7) is 3.82. The van der Waals surface area contributed by atoms with E-state index >= 15 is 0 Å². The van der Waals surface area contributed by atoms with Crippen LogP contribution in [0.1, 0.15) is 5.56 Å². The summed E-state index contributed by atoms with van der Waals surface area (Å²) in [4.78, 5) is 11.1. The third-order valence-corrected chi connectivity index (χ3v) is 2.63. The average Bonchev–Trinajstić information content (AvgIpc) is 2.36. The van der Waals surface area contributed by atoms with E-state index in [-0.39, 0.29) is 11.7 Å². The second kappa shape index (κ2) is 4.70. The van der Waals surface area contributed by atoms with Crippen LogP contribution in [-0.2, 0) is 11.3 Å². The molecule has 0 saturated heterocycles. The van der Waals surface area contributed by atoms with Gasteiger partial charge in [0.25, 0.3) is 0 Å². The van der Waals surface area contributed by atoms with Crippen molar-refractivity contribution in [3.63, 3.8) is 0 Å². The Balaban J connectivity index is 2.37. The molecule has 2 rings (SSSR count). The Morgan fingerprint density at radius 3 is 2.71 bits per heavy atom. The Morgan fingerprint density at radius 1 is 1.24 bits per heavy atom. The summed E-state index contributed by atoms with van der Waals surface area (Å²) in [5.74, 6) is 0.0431. The number of fused-ring (bicyclic) bond motifs is 1. The first-order valence-corrected chi connectivity index (χ1v) is 5.32. The molecule has 0 aliphatic carbocycles. The van der Waals surface area contributed by atoms with Crippen LogP contribution >= 0.6 is 0 Å². The molecule has 1 amide bonds. The van der Waals surface area contributed by atoms with Gasteiger partial charge >= 0.3 is 0 Å². The predicted octanol–water partition coefficient (Wildman–Crippen LogP) is 2.35. The number of rotatable bonds is 3. The van der Waals surface area contributed by atoms with E-state index in [9.17, 15) is 9.90 Å². The van der Waals surface area contributed by atoms with Crippen molar-refractivity contribution in [3.8, 4) is 5.75 Å². The minimum absolute atomic E-state index is 0.206. The molecular formula is C14H13NO2. The minimum Gasteiger partial charge on any atom is -0.507 e. The molecule has 0 aromatic heterocycles. The molecule has 0 spiro atoms. The van der Waals surface area contributed by atoms with Crippen LogP contribution < -0.4 is 5.32 Å². The SMILES string of the molecule is C=CC(=O)NCc1cccc2c(O)cccc12. The zero-order valence-electron chi connectivity index (χ0n) is 9.31. The first-order valence-electron chi connectivity index (χ1n) is 5.32. The lowest BCUT2D eigenvalue weighted by atomic mass is 10.0. The largest absolute Gasteiger partial charge is 0.507 e. The molecule has 0 heterocycles. The van der Waals surface area contributed by atoms with Crippen LogP contribution in [0.15, 0.2) is 49.1 Å². The van der Waals surface area contributed by atoms with Gasteiger partial charge in [-0.2, -0.15) is 0 Å². The average molecular weight is 227 g/mol. The van der Waals surface area contributed by atoms with Crippen molar-refractivity contribution < 1.29 is 9.90 Å². The second-order valence-electron chi connectivity index (χ2n) is 3.71. The van der Waals surface area contributed by atoms with E-state index < -0.39 is 0 Å². The van der Waals surface area contributed by atoms with Gasteiger partial charge in [0, 0.05) is 11.9 Å². The van der Waals surface area contributed by atoms with Crippen LogP contribution in [0.2, 0.25) is 0 Å². The Morgan fingerprint density at radius 2 is 1.94 bits per heavy atom. The molecule has 0 fully saturated rings. The van der Waals surface area contributed by atoms with E-state index in [0.717, 1.165) is 16.3 Å². The van der Waals surface area contributed by atoms with Gasteiger partial charge in [0.15, 0.2) is 0 Å². The predicted molar refractivity (Wildman–Crippen MR) is 67.7 cm³/mol. The number of nitrogens with one attached hydrogen (secondary N) is 1. The van der Waals surface area contributed by atoms with Gasteiger partial charge in [-0.15, -0.1) is 0 Å². The van der Waals surface area contributed by atoms with Crippen molar-refractivity contribution >= 4 is 16.7 Å². The van der Waals surface area contributed by atoms with Crippen molar-refractivity contribution in [1.82, 2.24) is 5.32 Å². The summed E-state index contributed by atoms with van der Waals surface area (Å²) in [5, 5.41) is 14.2. The maximum atomic E-state index is 11.1. The number of carbonyl (C=O) groups excluding carboxylic acids is 1. The molecule has 0 atom stereocenters. The molecule has 0 unspecified atom stereocenters. The topological polar surface area (TPSA) is 49.3 Å². The van der Waals surface area contributed by atoms with Crippen molar-refractivity contribution in [3.05, 3.63) is 54.6 Å². The zero-order chi connectivity index (χ0) is 12.3. The van der Waals surface area contributed by atoms with E-state index in [0.29, 0.717) is 6.54 Å². The fraction of sp³-hybridized carbons (Fsp3) is 0.0714. The van der Waals surface area contributed by atoms with Crippen LogP contribution in [0, 0.1) is 0 Å². The van der Waals surface area contributed by atoms with Crippen molar-refractivity contribution in [2.24, 2.45) is 0 Å². The molecule has 0 aliphatic rings. The highest BCUT2D eigenvalue weighted by Gasteiger charge is 2.04. The zero-order valence-corrected chi connectivity index (χ0v) is 9.31. The van der Waals surface area contributed by atoms with Gasteiger partial charge in [-0.1, -0.05) is 36.9 Å². The number of hydrogen-bond donors (Lipinski definition) is 2. The number of benzene rings is 2. The van der Waals surface area contributed by atoms with Gasteiger partial charge in [-0.3, -0.25) is 4.79 Å². The van der Waals surface area contributed by atoms with Crippen LogP contribution in [-0.4, -0.2) is 11.0 Å². The lowest BCUT2D eigenvalue weighted by Crippen LogP contribution is -2.20. The maximum Gasteiger partial charge on any atom is 0.243 e. The fourth-order valence-electron chi connectivity index (χ4n) is 1.77. The number of phenols is 1. The molecule has 17 heavy (non-hydrogen) atoms. The Labute approximate surface area is 99.4 Å². The monoisotopic (exact) mass is 227 g/mol. The van der Waals surface area contributed by atoms with Gasteiger partial charge in [-0.05, 0) is 23.1 Å². The molecule has 0 aliphatic heterocycles. The van der Waals surface area contributed by atoms with E-state index in [1.54, 1.807) is 12.1 Å². The van der Waals surface area contributed by atoms with Crippen molar-refractivity contribution in [2.45, 2.75) is 6.54 Å². The molecule has 2 N–H and O–H groups in total. The summed E-state index contributed by atoms with van der Waals surface area (Å²) in [6.07, 6.45) is 1.24. The number of carbonyl (C=O) groups is 1. The van der Waals surface area contributed by atoms with Gasteiger partial charge in [0.2, 0.25) is 5.91 Å². The third kappa shape index (κ3) is 2.28. The highest BCUT2D eigenvalue weighted by Crippen LogP contribution is 2.26. The summed E-state index contributed by atoms with van der Waals surface area (Å²) in [7, 11) is 0. The van der Waals surface area contributed by atoms with E-state index in [1.807, 2.05) is 24.3 Å². The lowest BCUT2D eigenvalue weighted by molar-refractivity contribution is -0.116. The summed E-state index contributed by atoms with van der Waals surface area (Å²) >= 11 is 0. The standard InChI is InChI=1S/C14H13NO2/c1-2-14(17)15-9-10-5-3-7-12-11(10)6-4-8-13(12)16/h2-8,16H,1,9H2,(H,15,17). The van der Waals surface area contributed by atoms with Crippen LogP contribution in [0.4, 0.5) is 0 Å². The Kier molecular flexibility index (Phi) is 3.10. The number of phenolic OH excluding ortho intramolecular Hbond substituents is 1. The first-order chi connectivity index (χ1) is 8.22. The Hall–Kier alpha value is -2.29. The molecule has 86 valence electrons. The lowest BCUT2D eigenvalue weighted by Gasteiger charge is -2.08. The first kappa shape index (κ1) is 11.2. The van der Waals surface area contributed by atoms with Crippen LogP contribution in [0.25, 0.3) is 10.8 Å². The van der Waals surface area contributed by atoms with Crippen LogP contribution in [0.5, 0.6) is 5.75 Å². The van der Waals surface area contributed by atoms with Gasteiger partial charge in [0.05, 0.1) is 0 Å². The van der Waals surface area contributed by atoms with Gasteiger partial charge < -0.3 is 10.4 Å². The second-order valence-corrected chi connectivity index (χ2v) is 3.71. The molecular weight excluding hydrogens is 214 g/mol. The quantitative estimate of drug-likeness (QED) is 0.791. The van der Waals surface area contributed by atoms with Gasteiger partial charge in [0.1, 0.15) is 5.75 Å². The van der Waals surface area contributed by atoms with Crippen molar-refractivity contribution in [2.75, 3.05) is 0 Å². The maximum absolute atomic E-state index is 11.1. The highest BCUT2D eigenvalue weighted by molar-refractivity contribution is 5.91. The minimum atomic E-state index is -0.206. The molecule has 0 bridgehead atoms. The van der Waals surface area contributed by atoms with Crippen molar-refractivity contribution in [1.29, 1.82) is 0 Å². The number of hydrogen-bond acceptors (Lipinski definition) is 2. The van der Waals surface area contributed by atoms with E-state index in [4.69, 9.17) is 0 Å². The molecule has 2 aromatic carbocycles. The van der Waals surface area contributed by atoms with Crippen LogP contribution in [0.3, 0.4) is 0 Å². The number of aromatic hydroxyl groups is 1. The van der Waals surface area contributed by atoms with E-state index in [1.165, 1.54) is 6.08 Å². The van der Waals surface area contributed by atoms with E-state index in [2.05, 4.69) is 11.9 Å². The van der Waals surface area contributed by atoms with Gasteiger partial charge in [-0.25, -0.2) is 0 Å². The summed E-state index contributed by atoms with van der Waals surface area (Å²) in [6, 6.07) is 11.0. The molecule has 0 radical (unpaired) electrons. The summed E-state index contributed by atoms with van der Waals surface area (Å²) < 4.78 is 0. The molecule has 2 aromatic rings. The summed E-state index contributed by atoms with van der Waals surface area (Å²) in [5.41, 5.74) is 0.966. The normalized spacial score (nSPS) is 10.1. The molecule has 3 nitrogen and oxygen atoms in total. The molecule has 3 heteroatoms. The smallest absolute Gasteiger partial charge is 0.243 e. The molecule has 0 saturated carbocycles.